The third-order valence-electron chi connectivity index (χ3n) is 3.48. The zero-order chi connectivity index (χ0) is 14.7. The summed E-state index contributed by atoms with van der Waals surface area (Å²) in [5.41, 5.74) is 1.81. The summed E-state index contributed by atoms with van der Waals surface area (Å²) >= 11 is 0. The fourth-order valence-corrected chi connectivity index (χ4v) is 2.45. The number of rotatable bonds is 4. The number of fused-ring (bicyclic) bond motifs is 1. The molecular formula is C16H23NO3. The molecule has 1 aromatic carbocycles. The van der Waals surface area contributed by atoms with Crippen LogP contribution < -0.4 is 10.1 Å². The van der Waals surface area contributed by atoms with Crippen molar-refractivity contribution < 1.29 is 14.6 Å². The second kappa shape index (κ2) is 6.27. The SMILES string of the molecule is CC(C)CC(=O)NC1CCOc2ccc(C(C)O)cc21. The standard InChI is InChI=1S/C16H23NO3/c1-10(2)8-16(19)17-14-6-7-20-15-5-4-12(11(3)18)9-13(14)15/h4-5,9-11,14,18H,6-8H2,1-3H3,(H,17,19). The maximum Gasteiger partial charge on any atom is 0.220 e. The van der Waals surface area contributed by atoms with Gasteiger partial charge >= 0.3 is 0 Å². The van der Waals surface area contributed by atoms with E-state index in [1.165, 1.54) is 0 Å². The Bertz CT molecular complexity index is 483. The van der Waals surface area contributed by atoms with Gasteiger partial charge in [0.05, 0.1) is 18.8 Å². The largest absolute Gasteiger partial charge is 0.493 e. The topological polar surface area (TPSA) is 58.6 Å². The van der Waals surface area contributed by atoms with Crippen LogP contribution >= 0.6 is 0 Å². The lowest BCUT2D eigenvalue weighted by Gasteiger charge is -2.28. The summed E-state index contributed by atoms with van der Waals surface area (Å²) in [6, 6.07) is 5.64. The van der Waals surface area contributed by atoms with Crippen LogP contribution in [-0.2, 0) is 4.79 Å². The molecule has 110 valence electrons. The fourth-order valence-electron chi connectivity index (χ4n) is 2.45. The summed E-state index contributed by atoms with van der Waals surface area (Å²) in [6.45, 7) is 6.40. The van der Waals surface area contributed by atoms with Crippen LogP contribution in [0.4, 0.5) is 0 Å². The third-order valence-corrected chi connectivity index (χ3v) is 3.48. The van der Waals surface area contributed by atoms with Crippen LogP contribution in [0.15, 0.2) is 18.2 Å². The first-order valence-electron chi connectivity index (χ1n) is 7.21. The van der Waals surface area contributed by atoms with Crippen molar-refractivity contribution in [2.45, 2.75) is 45.8 Å². The fraction of sp³-hybridized carbons (Fsp3) is 0.562. The normalized spacial score (nSPS) is 19.1. The van der Waals surface area contributed by atoms with E-state index in [4.69, 9.17) is 4.74 Å². The minimum atomic E-state index is -0.519. The molecule has 2 atom stereocenters. The van der Waals surface area contributed by atoms with Gasteiger partial charge in [-0.25, -0.2) is 0 Å². The lowest BCUT2D eigenvalue weighted by molar-refractivity contribution is -0.122. The van der Waals surface area contributed by atoms with Gasteiger partial charge < -0.3 is 15.2 Å². The Morgan fingerprint density at radius 1 is 1.45 bits per heavy atom. The average Bonchev–Trinajstić information content (AvgIpc) is 2.37. The van der Waals surface area contributed by atoms with E-state index in [0.717, 1.165) is 23.3 Å². The summed E-state index contributed by atoms with van der Waals surface area (Å²) in [6.07, 6.45) is 0.775. The smallest absolute Gasteiger partial charge is 0.220 e. The number of ether oxygens (including phenoxy) is 1. The number of aliphatic hydroxyl groups excluding tert-OH is 1. The number of amides is 1. The summed E-state index contributed by atoms with van der Waals surface area (Å²) in [5.74, 6) is 1.22. The van der Waals surface area contributed by atoms with E-state index in [1.807, 2.05) is 32.0 Å². The second-order valence-electron chi connectivity index (χ2n) is 5.83. The Hall–Kier alpha value is -1.55. The number of nitrogens with one attached hydrogen (secondary N) is 1. The Kier molecular flexibility index (Phi) is 4.65. The van der Waals surface area contributed by atoms with Crippen molar-refractivity contribution in [1.82, 2.24) is 5.32 Å². The molecule has 1 aliphatic heterocycles. The molecule has 0 saturated carbocycles. The number of benzene rings is 1. The zero-order valence-electron chi connectivity index (χ0n) is 12.3. The highest BCUT2D eigenvalue weighted by molar-refractivity contribution is 5.76. The zero-order valence-corrected chi connectivity index (χ0v) is 12.3. The molecule has 1 heterocycles. The van der Waals surface area contributed by atoms with E-state index < -0.39 is 6.10 Å². The van der Waals surface area contributed by atoms with Crippen molar-refractivity contribution in [3.05, 3.63) is 29.3 Å². The van der Waals surface area contributed by atoms with Crippen LogP contribution in [0.5, 0.6) is 5.75 Å². The van der Waals surface area contributed by atoms with E-state index in [2.05, 4.69) is 5.32 Å². The van der Waals surface area contributed by atoms with Gasteiger partial charge in [0.2, 0.25) is 5.91 Å². The van der Waals surface area contributed by atoms with Gasteiger partial charge in [-0.2, -0.15) is 0 Å². The molecule has 0 fully saturated rings. The van der Waals surface area contributed by atoms with Crippen LogP contribution in [-0.4, -0.2) is 17.6 Å². The molecule has 0 radical (unpaired) electrons. The minimum Gasteiger partial charge on any atom is -0.493 e. The molecule has 1 aromatic rings. The number of carbonyl (C=O) groups is 1. The Labute approximate surface area is 120 Å². The number of hydrogen-bond acceptors (Lipinski definition) is 3. The quantitative estimate of drug-likeness (QED) is 0.889. The van der Waals surface area contributed by atoms with Crippen molar-refractivity contribution in [3.63, 3.8) is 0 Å². The molecule has 1 aliphatic rings. The first-order chi connectivity index (χ1) is 9.47. The van der Waals surface area contributed by atoms with Crippen molar-refractivity contribution in [2.75, 3.05) is 6.61 Å². The molecule has 0 spiro atoms. The predicted molar refractivity (Wildman–Crippen MR) is 77.5 cm³/mol. The molecule has 4 heteroatoms. The van der Waals surface area contributed by atoms with Crippen LogP contribution in [0.2, 0.25) is 0 Å². The van der Waals surface area contributed by atoms with Crippen molar-refractivity contribution in [1.29, 1.82) is 0 Å². The van der Waals surface area contributed by atoms with E-state index in [-0.39, 0.29) is 11.9 Å². The first-order valence-corrected chi connectivity index (χ1v) is 7.21. The molecule has 4 nitrogen and oxygen atoms in total. The lowest BCUT2D eigenvalue weighted by atomic mass is 9.96. The Morgan fingerprint density at radius 3 is 2.85 bits per heavy atom. The molecule has 2 rings (SSSR count). The van der Waals surface area contributed by atoms with Gasteiger partial charge in [0.15, 0.2) is 0 Å². The molecule has 0 saturated heterocycles. The number of hydrogen-bond donors (Lipinski definition) is 2. The molecule has 1 amide bonds. The maximum absolute atomic E-state index is 11.9. The second-order valence-corrected chi connectivity index (χ2v) is 5.83. The van der Waals surface area contributed by atoms with Crippen LogP contribution in [0.3, 0.4) is 0 Å². The van der Waals surface area contributed by atoms with Crippen LogP contribution in [0.25, 0.3) is 0 Å². The summed E-state index contributed by atoms with van der Waals surface area (Å²) < 4.78 is 5.62. The van der Waals surface area contributed by atoms with E-state index in [0.29, 0.717) is 18.9 Å². The number of aliphatic hydroxyl groups is 1. The van der Waals surface area contributed by atoms with Crippen molar-refractivity contribution in [2.24, 2.45) is 5.92 Å². The van der Waals surface area contributed by atoms with Gasteiger partial charge in [-0.1, -0.05) is 19.9 Å². The van der Waals surface area contributed by atoms with Gasteiger partial charge in [-0.05, 0) is 30.5 Å². The highest BCUT2D eigenvalue weighted by Crippen LogP contribution is 2.34. The molecule has 0 bridgehead atoms. The van der Waals surface area contributed by atoms with Crippen LogP contribution in [0, 0.1) is 5.92 Å². The van der Waals surface area contributed by atoms with Crippen molar-refractivity contribution >= 4 is 5.91 Å². The molecule has 2 unspecified atom stereocenters. The van der Waals surface area contributed by atoms with Gasteiger partial charge in [-0.3, -0.25) is 4.79 Å². The van der Waals surface area contributed by atoms with Crippen LogP contribution in [0.1, 0.15) is 56.9 Å². The average molecular weight is 277 g/mol. The molecular weight excluding hydrogens is 254 g/mol. The van der Waals surface area contributed by atoms with E-state index in [9.17, 15) is 9.90 Å². The Morgan fingerprint density at radius 2 is 2.20 bits per heavy atom. The van der Waals surface area contributed by atoms with Gasteiger partial charge in [0, 0.05) is 18.4 Å². The monoisotopic (exact) mass is 277 g/mol. The van der Waals surface area contributed by atoms with E-state index >= 15 is 0 Å². The lowest BCUT2D eigenvalue weighted by Crippen LogP contribution is -2.32. The van der Waals surface area contributed by atoms with Gasteiger partial charge in [-0.15, -0.1) is 0 Å². The summed E-state index contributed by atoms with van der Waals surface area (Å²) in [4.78, 5) is 11.9. The highest BCUT2D eigenvalue weighted by Gasteiger charge is 2.24. The third kappa shape index (κ3) is 3.51. The van der Waals surface area contributed by atoms with Gasteiger partial charge in [0.1, 0.15) is 5.75 Å². The Balaban J connectivity index is 2.18. The minimum absolute atomic E-state index is 0.0244. The first kappa shape index (κ1) is 14.9. The molecule has 2 N–H and O–H groups in total. The predicted octanol–water partition coefficient (Wildman–Crippen LogP) is 2.73. The summed E-state index contributed by atoms with van der Waals surface area (Å²) in [5, 5.41) is 12.8. The van der Waals surface area contributed by atoms with Gasteiger partial charge in [0.25, 0.3) is 0 Å². The highest BCUT2D eigenvalue weighted by atomic mass is 16.5. The summed E-state index contributed by atoms with van der Waals surface area (Å²) in [7, 11) is 0. The van der Waals surface area contributed by atoms with Crippen molar-refractivity contribution in [3.8, 4) is 5.75 Å². The molecule has 0 aromatic heterocycles. The molecule has 20 heavy (non-hydrogen) atoms. The molecule has 0 aliphatic carbocycles. The maximum atomic E-state index is 11.9. The van der Waals surface area contributed by atoms with E-state index in [1.54, 1.807) is 6.92 Å². The number of carbonyl (C=O) groups excluding carboxylic acids is 1.